The van der Waals surface area contributed by atoms with Crippen LogP contribution in [0, 0.1) is 29.4 Å². The zero-order chi connectivity index (χ0) is 29.6. The summed E-state index contributed by atoms with van der Waals surface area (Å²) in [6, 6.07) is 1.11. The number of hydrogen-bond donors (Lipinski definition) is 0. The molecular weight excluding hydrogens is 553 g/mol. The molecule has 1 saturated carbocycles. The summed E-state index contributed by atoms with van der Waals surface area (Å²) in [5.41, 5.74) is 1.27. The number of halogens is 7. The quantitative estimate of drug-likeness (QED) is 0.149. The Kier molecular flexibility index (Phi) is 10.2. The van der Waals surface area contributed by atoms with Crippen LogP contribution in [0.1, 0.15) is 84.0 Å². The molecule has 41 heavy (non-hydrogen) atoms. The Bertz CT molecular complexity index is 1150. The molecule has 0 bridgehead atoms. The van der Waals surface area contributed by atoms with Crippen LogP contribution in [0.3, 0.4) is 0 Å². The third kappa shape index (κ3) is 8.82. The maximum atomic E-state index is 14.9. The monoisotopic (exact) mass is 588 g/mol. The third-order valence-electron chi connectivity index (χ3n) is 8.23. The summed E-state index contributed by atoms with van der Waals surface area (Å²) in [7, 11) is 0. The minimum Gasteiger partial charge on any atom is -0.429 e. The van der Waals surface area contributed by atoms with Crippen molar-refractivity contribution in [3.8, 4) is 22.9 Å². The zero-order valence-corrected chi connectivity index (χ0v) is 23.0. The molecule has 0 N–H and O–H groups in total. The molecule has 4 rings (SSSR count). The van der Waals surface area contributed by atoms with Crippen molar-refractivity contribution in [2.45, 2.75) is 96.4 Å². The molecule has 1 aromatic heterocycles. The van der Waals surface area contributed by atoms with Gasteiger partial charge in [0.2, 0.25) is 5.75 Å². The molecular formula is C30H35F7N2O2. The minimum absolute atomic E-state index is 0.289. The van der Waals surface area contributed by atoms with Gasteiger partial charge in [-0.05, 0) is 81.8 Å². The highest BCUT2D eigenvalue weighted by Crippen LogP contribution is 2.41. The van der Waals surface area contributed by atoms with Gasteiger partial charge in [0, 0.05) is 5.56 Å². The van der Waals surface area contributed by atoms with Crippen LogP contribution in [0.5, 0.6) is 11.5 Å². The molecule has 0 radical (unpaired) electrons. The van der Waals surface area contributed by atoms with Gasteiger partial charge >= 0.3 is 12.5 Å². The standard InChI is InChI=1S/C30H35F7N2O2/c1-2-19-7-9-20(10-8-19)5-3-4-6-21-11-13-23(14-12-21)29(33,34)40-24-17-38-28(39-18-24)22-15-25(31)27(26(32)16-22)41-30(35,36)37/h9,15-19,21,23H,2-8,10-14H2,1H3. The molecule has 2 aliphatic carbocycles. The van der Waals surface area contributed by atoms with Crippen LogP contribution in [0.15, 0.2) is 36.2 Å². The van der Waals surface area contributed by atoms with E-state index in [4.69, 9.17) is 4.74 Å². The van der Waals surface area contributed by atoms with E-state index >= 15 is 0 Å². The van der Waals surface area contributed by atoms with E-state index in [0.29, 0.717) is 43.7 Å². The first-order valence-corrected chi connectivity index (χ1v) is 14.3. The van der Waals surface area contributed by atoms with Crippen molar-refractivity contribution >= 4 is 0 Å². The second-order valence-electron chi connectivity index (χ2n) is 11.1. The SMILES string of the molecule is CCC1CC=C(CCCCC2CCC(C(F)(F)Oc3cnc(-c4cc(F)c(OC(F)(F)F)c(F)c4)nc3)CC2)CC1. The molecule has 1 unspecified atom stereocenters. The lowest BCUT2D eigenvalue weighted by Crippen LogP contribution is -2.37. The molecule has 0 saturated heterocycles. The number of hydrogen-bond acceptors (Lipinski definition) is 4. The highest BCUT2D eigenvalue weighted by molar-refractivity contribution is 5.57. The molecule has 2 aromatic rings. The molecule has 1 atom stereocenters. The Morgan fingerprint density at radius 3 is 2.07 bits per heavy atom. The lowest BCUT2D eigenvalue weighted by Gasteiger charge is -2.33. The predicted molar refractivity (Wildman–Crippen MR) is 139 cm³/mol. The molecule has 0 spiro atoms. The second-order valence-corrected chi connectivity index (χ2v) is 11.1. The van der Waals surface area contributed by atoms with Crippen molar-refractivity contribution in [2.24, 2.45) is 17.8 Å². The Morgan fingerprint density at radius 2 is 1.51 bits per heavy atom. The van der Waals surface area contributed by atoms with Gasteiger partial charge in [0.05, 0.1) is 18.3 Å². The summed E-state index contributed by atoms with van der Waals surface area (Å²) in [6.45, 7) is 2.24. The number of rotatable bonds is 11. The Balaban J connectivity index is 1.23. The summed E-state index contributed by atoms with van der Waals surface area (Å²) in [5.74, 6) is -5.16. The van der Waals surface area contributed by atoms with E-state index in [2.05, 4.69) is 27.7 Å². The summed E-state index contributed by atoms with van der Waals surface area (Å²) >= 11 is 0. The maximum Gasteiger partial charge on any atom is 0.573 e. The van der Waals surface area contributed by atoms with Crippen LogP contribution in [0.2, 0.25) is 0 Å². The van der Waals surface area contributed by atoms with E-state index in [1.165, 1.54) is 25.7 Å². The largest absolute Gasteiger partial charge is 0.573 e. The van der Waals surface area contributed by atoms with Crippen LogP contribution in [0.25, 0.3) is 11.4 Å². The van der Waals surface area contributed by atoms with E-state index in [1.807, 2.05) is 0 Å². The zero-order valence-electron chi connectivity index (χ0n) is 23.0. The third-order valence-corrected chi connectivity index (χ3v) is 8.23. The predicted octanol–water partition coefficient (Wildman–Crippen LogP) is 9.80. The number of nitrogens with zero attached hydrogens (tertiary/aromatic N) is 2. The Labute approximate surface area is 235 Å². The summed E-state index contributed by atoms with van der Waals surface area (Å²) in [5, 5.41) is 0. The molecule has 1 heterocycles. The molecule has 2 aliphatic rings. The molecule has 11 heteroatoms. The Hall–Kier alpha value is -2.85. The lowest BCUT2D eigenvalue weighted by molar-refractivity contribution is -0.276. The second kappa shape index (κ2) is 13.4. The average Bonchev–Trinajstić information content (AvgIpc) is 2.93. The summed E-state index contributed by atoms with van der Waals surface area (Å²) < 4.78 is 103. The fraction of sp³-hybridized carbons (Fsp3) is 0.600. The van der Waals surface area contributed by atoms with Gasteiger partial charge in [-0.3, -0.25) is 0 Å². The lowest BCUT2D eigenvalue weighted by atomic mass is 9.79. The van der Waals surface area contributed by atoms with Gasteiger partial charge in [-0.1, -0.05) is 37.8 Å². The molecule has 0 aliphatic heterocycles. The van der Waals surface area contributed by atoms with E-state index in [0.717, 1.165) is 44.0 Å². The average molecular weight is 589 g/mol. The summed E-state index contributed by atoms with van der Waals surface area (Å²) in [4.78, 5) is 7.58. The van der Waals surface area contributed by atoms with E-state index in [9.17, 15) is 30.7 Å². The molecule has 226 valence electrons. The van der Waals surface area contributed by atoms with E-state index in [-0.39, 0.29) is 17.1 Å². The highest BCUT2D eigenvalue weighted by atomic mass is 19.4. The normalized spacial score (nSPS) is 21.9. The van der Waals surface area contributed by atoms with Gasteiger partial charge in [0.15, 0.2) is 23.2 Å². The van der Waals surface area contributed by atoms with Crippen molar-refractivity contribution in [1.29, 1.82) is 0 Å². The van der Waals surface area contributed by atoms with Crippen molar-refractivity contribution in [3.63, 3.8) is 0 Å². The first kappa shape index (κ1) is 31.1. The number of unbranched alkanes of at least 4 members (excludes halogenated alkanes) is 1. The fourth-order valence-electron chi connectivity index (χ4n) is 5.77. The van der Waals surface area contributed by atoms with Crippen molar-refractivity contribution in [1.82, 2.24) is 9.97 Å². The van der Waals surface area contributed by atoms with Gasteiger partial charge in [0.1, 0.15) is 0 Å². The molecule has 1 aromatic carbocycles. The van der Waals surface area contributed by atoms with Crippen LogP contribution < -0.4 is 9.47 Å². The Morgan fingerprint density at radius 1 is 0.854 bits per heavy atom. The van der Waals surface area contributed by atoms with Gasteiger partial charge in [-0.2, -0.15) is 8.78 Å². The fourth-order valence-corrected chi connectivity index (χ4v) is 5.77. The highest BCUT2D eigenvalue weighted by Gasteiger charge is 2.44. The van der Waals surface area contributed by atoms with Gasteiger partial charge < -0.3 is 9.47 Å². The van der Waals surface area contributed by atoms with Crippen molar-refractivity contribution in [3.05, 3.63) is 47.8 Å². The van der Waals surface area contributed by atoms with Crippen molar-refractivity contribution in [2.75, 3.05) is 0 Å². The van der Waals surface area contributed by atoms with Gasteiger partial charge in [-0.25, -0.2) is 18.7 Å². The first-order chi connectivity index (χ1) is 19.4. The number of ether oxygens (including phenoxy) is 2. The van der Waals surface area contributed by atoms with Crippen LogP contribution in [0.4, 0.5) is 30.7 Å². The number of alkyl halides is 5. The van der Waals surface area contributed by atoms with E-state index < -0.39 is 35.8 Å². The molecule has 4 nitrogen and oxygen atoms in total. The molecule has 0 amide bonds. The molecule has 1 fully saturated rings. The van der Waals surface area contributed by atoms with Crippen LogP contribution in [-0.4, -0.2) is 22.4 Å². The van der Waals surface area contributed by atoms with Crippen molar-refractivity contribution < 1.29 is 40.2 Å². The van der Waals surface area contributed by atoms with E-state index in [1.54, 1.807) is 5.57 Å². The minimum atomic E-state index is -5.28. The maximum absolute atomic E-state index is 14.9. The number of benzene rings is 1. The topological polar surface area (TPSA) is 44.2 Å². The first-order valence-electron chi connectivity index (χ1n) is 14.3. The summed E-state index contributed by atoms with van der Waals surface area (Å²) in [6.07, 6.45) is 7.01. The number of aromatic nitrogens is 2. The van der Waals surface area contributed by atoms with Gasteiger partial charge in [0.25, 0.3) is 0 Å². The van der Waals surface area contributed by atoms with Gasteiger partial charge in [-0.15, -0.1) is 13.2 Å². The van der Waals surface area contributed by atoms with Crippen LogP contribution >= 0.6 is 0 Å². The van der Waals surface area contributed by atoms with Crippen LogP contribution in [-0.2, 0) is 0 Å². The number of allylic oxidation sites excluding steroid dienone is 2. The smallest absolute Gasteiger partial charge is 0.429 e.